The SMILES string of the molecule is CCn1c(C)cc(C(=O)NC2CCCC2(C)CO)c1C. The summed E-state index contributed by atoms with van der Waals surface area (Å²) in [6.07, 6.45) is 2.99. The fourth-order valence-electron chi connectivity index (χ4n) is 3.42. The third-order valence-electron chi connectivity index (χ3n) is 4.88. The largest absolute Gasteiger partial charge is 0.396 e. The molecule has 0 radical (unpaired) electrons. The molecule has 4 nitrogen and oxygen atoms in total. The van der Waals surface area contributed by atoms with Crippen molar-refractivity contribution in [2.45, 2.75) is 59.5 Å². The second-order valence-corrected chi connectivity index (χ2v) is 6.26. The molecule has 1 aliphatic carbocycles. The number of rotatable bonds is 4. The highest BCUT2D eigenvalue weighted by Crippen LogP contribution is 2.37. The number of hydrogen-bond acceptors (Lipinski definition) is 2. The maximum atomic E-state index is 12.5. The molecule has 1 heterocycles. The van der Waals surface area contributed by atoms with Crippen molar-refractivity contribution < 1.29 is 9.90 Å². The van der Waals surface area contributed by atoms with E-state index in [1.807, 2.05) is 19.9 Å². The molecule has 1 aliphatic rings. The van der Waals surface area contributed by atoms with Gasteiger partial charge in [0, 0.05) is 29.4 Å². The third-order valence-corrected chi connectivity index (χ3v) is 4.88. The molecule has 1 saturated carbocycles. The van der Waals surface area contributed by atoms with Crippen LogP contribution in [0.4, 0.5) is 0 Å². The second kappa shape index (κ2) is 5.60. The molecule has 2 N–H and O–H groups in total. The van der Waals surface area contributed by atoms with Gasteiger partial charge in [-0.2, -0.15) is 0 Å². The van der Waals surface area contributed by atoms with Crippen LogP contribution in [-0.4, -0.2) is 28.2 Å². The van der Waals surface area contributed by atoms with Gasteiger partial charge in [0.05, 0.1) is 12.2 Å². The monoisotopic (exact) mass is 278 g/mol. The van der Waals surface area contributed by atoms with Gasteiger partial charge in [-0.1, -0.05) is 13.3 Å². The average molecular weight is 278 g/mol. The Balaban J connectivity index is 2.17. The van der Waals surface area contributed by atoms with Gasteiger partial charge in [0.25, 0.3) is 5.91 Å². The molecule has 0 saturated heterocycles. The predicted molar refractivity (Wildman–Crippen MR) is 79.9 cm³/mol. The van der Waals surface area contributed by atoms with Gasteiger partial charge in [0.15, 0.2) is 0 Å². The van der Waals surface area contributed by atoms with Crippen molar-refractivity contribution >= 4 is 5.91 Å². The molecule has 1 aromatic heterocycles. The first-order valence-corrected chi connectivity index (χ1v) is 7.51. The Bertz CT molecular complexity index is 507. The number of hydrogen-bond donors (Lipinski definition) is 2. The summed E-state index contributed by atoms with van der Waals surface area (Å²) < 4.78 is 2.15. The number of carbonyl (C=O) groups is 1. The van der Waals surface area contributed by atoms with Crippen molar-refractivity contribution in [3.63, 3.8) is 0 Å². The van der Waals surface area contributed by atoms with E-state index in [0.29, 0.717) is 0 Å². The highest BCUT2D eigenvalue weighted by Gasteiger charge is 2.39. The van der Waals surface area contributed by atoms with Crippen molar-refractivity contribution in [1.82, 2.24) is 9.88 Å². The zero-order chi connectivity index (χ0) is 14.9. The number of aliphatic hydroxyl groups is 1. The number of nitrogens with one attached hydrogen (secondary N) is 1. The number of aryl methyl sites for hydroxylation is 1. The number of nitrogens with zero attached hydrogens (tertiary/aromatic N) is 1. The lowest BCUT2D eigenvalue weighted by Crippen LogP contribution is -2.44. The van der Waals surface area contributed by atoms with Crippen LogP contribution in [-0.2, 0) is 6.54 Å². The van der Waals surface area contributed by atoms with Gasteiger partial charge in [0.1, 0.15) is 0 Å². The highest BCUT2D eigenvalue weighted by molar-refractivity contribution is 5.96. The van der Waals surface area contributed by atoms with Gasteiger partial charge in [-0.15, -0.1) is 0 Å². The van der Waals surface area contributed by atoms with E-state index in [4.69, 9.17) is 0 Å². The number of carbonyl (C=O) groups excluding carboxylic acids is 1. The van der Waals surface area contributed by atoms with Crippen LogP contribution in [0.5, 0.6) is 0 Å². The fraction of sp³-hybridized carbons (Fsp3) is 0.688. The number of amides is 1. The summed E-state index contributed by atoms with van der Waals surface area (Å²) in [6.45, 7) is 9.17. The minimum Gasteiger partial charge on any atom is -0.396 e. The van der Waals surface area contributed by atoms with Crippen LogP contribution < -0.4 is 5.32 Å². The Hall–Kier alpha value is -1.29. The minimum absolute atomic E-state index is 0.00984. The maximum absolute atomic E-state index is 12.5. The zero-order valence-electron chi connectivity index (χ0n) is 13.0. The van der Waals surface area contributed by atoms with E-state index in [9.17, 15) is 9.90 Å². The molecule has 1 amide bonds. The standard InChI is InChI=1S/C16H26N2O2/c1-5-18-11(2)9-13(12(18)3)15(20)17-14-7-6-8-16(14,4)10-19/h9,14,19H,5-8,10H2,1-4H3,(H,17,20). The molecule has 0 aliphatic heterocycles. The first-order valence-electron chi connectivity index (χ1n) is 7.51. The molecule has 0 spiro atoms. The summed E-state index contributed by atoms with van der Waals surface area (Å²) in [5.74, 6) is -0.00984. The molecule has 0 bridgehead atoms. The maximum Gasteiger partial charge on any atom is 0.253 e. The summed E-state index contributed by atoms with van der Waals surface area (Å²) in [7, 11) is 0. The number of aliphatic hydroxyl groups excluding tert-OH is 1. The number of aromatic nitrogens is 1. The zero-order valence-corrected chi connectivity index (χ0v) is 13.0. The lowest BCUT2D eigenvalue weighted by atomic mass is 9.85. The molecule has 1 fully saturated rings. The highest BCUT2D eigenvalue weighted by atomic mass is 16.3. The molecule has 0 aromatic carbocycles. The van der Waals surface area contributed by atoms with Gasteiger partial charge < -0.3 is 15.0 Å². The average Bonchev–Trinajstić information content (AvgIpc) is 2.91. The summed E-state index contributed by atoms with van der Waals surface area (Å²) >= 11 is 0. The molecule has 2 rings (SSSR count). The summed E-state index contributed by atoms with van der Waals surface area (Å²) in [4.78, 5) is 12.5. The van der Waals surface area contributed by atoms with Crippen LogP contribution in [0, 0.1) is 19.3 Å². The first kappa shape index (κ1) is 15.1. The van der Waals surface area contributed by atoms with Crippen molar-refractivity contribution in [3.8, 4) is 0 Å². The van der Waals surface area contributed by atoms with Gasteiger partial charge in [-0.3, -0.25) is 4.79 Å². The molecule has 2 unspecified atom stereocenters. The first-order chi connectivity index (χ1) is 9.42. The Morgan fingerprint density at radius 1 is 1.55 bits per heavy atom. The molecule has 112 valence electrons. The fourth-order valence-corrected chi connectivity index (χ4v) is 3.42. The second-order valence-electron chi connectivity index (χ2n) is 6.26. The third kappa shape index (κ3) is 2.49. The summed E-state index contributed by atoms with van der Waals surface area (Å²) in [5.41, 5.74) is 2.72. The van der Waals surface area contributed by atoms with Crippen LogP contribution >= 0.6 is 0 Å². The Labute approximate surface area is 121 Å². The lowest BCUT2D eigenvalue weighted by molar-refractivity contribution is 0.0830. The van der Waals surface area contributed by atoms with Crippen LogP contribution in [0.25, 0.3) is 0 Å². The Morgan fingerprint density at radius 3 is 2.80 bits per heavy atom. The molecule has 2 atom stereocenters. The van der Waals surface area contributed by atoms with Gasteiger partial charge >= 0.3 is 0 Å². The van der Waals surface area contributed by atoms with E-state index in [1.54, 1.807) is 0 Å². The topological polar surface area (TPSA) is 54.3 Å². The van der Waals surface area contributed by atoms with E-state index >= 15 is 0 Å². The lowest BCUT2D eigenvalue weighted by Gasteiger charge is -2.30. The Morgan fingerprint density at radius 2 is 2.25 bits per heavy atom. The quantitative estimate of drug-likeness (QED) is 0.888. The van der Waals surface area contributed by atoms with Crippen LogP contribution in [0.1, 0.15) is 54.9 Å². The van der Waals surface area contributed by atoms with Crippen molar-refractivity contribution in [3.05, 3.63) is 23.0 Å². The molecular formula is C16H26N2O2. The normalized spacial score (nSPS) is 25.9. The molecular weight excluding hydrogens is 252 g/mol. The molecule has 20 heavy (non-hydrogen) atoms. The van der Waals surface area contributed by atoms with Crippen LogP contribution in [0.3, 0.4) is 0 Å². The van der Waals surface area contributed by atoms with E-state index < -0.39 is 0 Å². The summed E-state index contributed by atoms with van der Waals surface area (Å²) in [6, 6.07) is 2.03. The van der Waals surface area contributed by atoms with Crippen LogP contribution in [0.15, 0.2) is 6.07 Å². The smallest absolute Gasteiger partial charge is 0.253 e. The molecule has 1 aromatic rings. The van der Waals surface area contributed by atoms with Gasteiger partial charge in [0.2, 0.25) is 0 Å². The van der Waals surface area contributed by atoms with Gasteiger partial charge in [-0.25, -0.2) is 0 Å². The van der Waals surface area contributed by atoms with E-state index in [1.165, 1.54) is 0 Å². The predicted octanol–water partition coefficient (Wildman–Crippen LogP) is 2.41. The van der Waals surface area contributed by atoms with Gasteiger partial charge in [-0.05, 0) is 39.7 Å². The Kier molecular flexibility index (Phi) is 4.23. The summed E-state index contributed by atoms with van der Waals surface area (Å²) in [5, 5.41) is 12.7. The van der Waals surface area contributed by atoms with Crippen molar-refractivity contribution in [2.24, 2.45) is 5.41 Å². The molecule has 4 heteroatoms. The van der Waals surface area contributed by atoms with Crippen molar-refractivity contribution in [2.75, 3.05) is 6.61 Å². The van der Waals surface area contributed by atoms with E-state index in [2.05, 4.69) is 23.7 Å². The van der Waals surface area contributed by atoms with E-state index in [-0.39, 0.29) is 24.0 Å². The van der Waals surface area contributed by atoms with E-state index in [0.717, 1.165) is 42.8 Å². The minimum atomic E-state index is -0.175. The van der Waals surface area contributed by atoms with Crippen molar-refractivity contribution in [1.29, 1.82) is 0 Å². The van der Waals surface area contributed by atoms with Crippen LogP contribution in [0.2, 0.25) is 0 Å².